The Morgan fingerprint density at radius 2 is 2.00 bits per heavy atom. The highest BCUT2D eigenvalue weighted by atomic mass is 79.9. The number of nitrogens with two attached hydrogens (primary N) is 1. The van der Waals surface area contributed by atoms with Gasteiger partial charge in [-0.05, 0) is 71.2 Å². The molecular formula is C16H24BrN3. The maximum absolute atomic E-state index is 6.58. The Bertz CT molecular complexity index is 522. The van der Waals surface area contributed by atoms with Crippen LogP contribution in [0.5, 0.6) is 0 Å². The maximum Gasteiger partial charge on any atom is 0.0766 e. The van der Waals surface area contributed by atoms with E-state index in [1.54, 1.807) is 0 Å². The fourth-order valence-electron chi connectivity index (χ4n) is 5.37. The van der Waals surface area contributed by atoms with Gasteiger partial charge < -0.3 is 5.73 Å². The number of halogens is 1. The first-order chi connectivity index (χ1) is 9.61. The molecule has 4 heteroatoms. The van der Waals surface area contributed by atoms with Crippen molar-refractivity contribution in [3.63, 3.8) is 0 Å². The second-order valence-corrected chi connectivity index (χ2v) is 7.91. The summed E-state index contributed by atoms with van der Waals surface area (Å²) in [5.74, 6) is 4.78. The van der Waals surface area contributed by atoms with Crippen molar-refractivity contribution in [1.29, 1.82) is 0 Å². The molecule has 5 unspecified atom stereocenters. The first-order valence-corrected chi connectivity index (χ1v) is 8.87. The molecule has 1 heterocycles. The van der Waals surface area contributed by atoms with Crippen LogP contribution in [0.4, 0.5) is 0 Å². The summed E-state index contributed by atoms with van der Waals surface area (Å²) >= 11 is 3.72. The minimum Gasteiger partial charge on any atom is -0.327 e. The van der Waals surface area contributed by atoms with Crippen LogP contribution in [0.3, 0.4) is 0 Å². The lowest BCUT2D eigenvalue weighted by atomic mass is 9.95. The fraction of sp³-hybridized carbons (Fsp3) is 0.812. The van der Waals surface area contributed by atoms with Crippen molar-refractivity contribution in [3.05, 3.63) is 15.9 Å². The zero-order valence-electron chi connectivity index (χ0n) is 12.3. The monoisotopic (exact) mass is 337 g/mol. The number of rotatable bonds is 4. The van der Waals surface area contributed by atoms with Gasteiger partial charge in [0.25, 0.3) is 0 Å². The summed E-state index contributed by atoms with van der Waals surface area (Å²) in [6, 6.07) is 0.324. The van der Waals surface area contributed by atoms with Crippen LogP contribution >= 0.6 is 15.9 Å². The summed E-state index contributed by atoms with van der Waals surface area (Å²) in [4.78, 5) is 0. The molecule has 0 saturated heterocycles. The van der Waals surface area contributed by atoms with E-state index in [0.29, 0.717) is 6.04 Å². The summed E-state index contributed by atoms with van der Waals surface area (Å²) in [6.45, 7) is 2.15. The van der Waals surface area contributed by atoms with E-state index in [2.05, 4.69) is 28.0 Å². The van der Waals surface area contributed by atoms with Gasteiger partial charge in [-0.1, -0.05) is 6.92 Å². The highest BCUT2D eigenvalue weighted by molar-refractivity contribution is 9.10. The lowest BCUT2D eigenvalue weighted by Crippen LogP contribution is -2.29. The minimum atomic E-state index is 0.324. The third kappa shape index (κ3) is 1.77. The number of nitrogens with zero attached hydrogens (tertiary/aromatic N) is 2. The van der Waals surface area contributed by atoms with Gasteiger partial charge in [0.15, 0.2) is 0 Å². The average Bonchev–Trinajstić information content (AvgIpc) is 2.72. The Morgan fingerprint density at radius 1 is 1.35 bits per heavy atom. The van der Waals surface area contributed by atoms with Gasteiger partial charge in [0.05, 0.1) is 15.9 Å². The third-order valence-electron chi connectivity index (χ3n) is 6.22. The molecule has 2 N–H and O–H groups in total. The summed E-state index contributed by atoms with van der Waals surface area (Å²) in [5.41, 5.74) is 9.02. The Kier molecular flexibility index (Phi) is 3.05. The lowest BCUT2D eigenvalue weighted by molar-refractivity contribution is 0.405. The van der Waals surface area contributed by atoms with Gasteiger partial charge in [-0.25, -0.2) is 0 Å². The highest BCUT2D eigenvalue weighted by Gasteiger charge is 2.66. The molecular weight excluding hydrogens is 314 g/mol. The van der Waals surface area contributed by atoms with E-state index in [0.717, 1.165) is 48.1 Å². The third-order valence-corrected chi connectivity index (χ3v) is 7.14. The topological polar surface area (TPSA) is 43.8 Å². The van der Waals surface area contributed by atoms with Gasteiger partial charge >= 0.3 is 0 Å². The quantitative estimate of drug-likeness (QED) is 0.917. The van der Waals surface area contributed by atoms with E-state index in [9.17, 15) is 0 Å². The number of fused-ring (bicyclic) bond motifs is 5. The van der Waals surface area contributed by atoms with Crippen LogP contribution < -0.4 is 5.73 Å². The first kappa shape index (κ1) is 13.3. The van der Waals surface area contributed by atoms with Crippen molar-refractivity contribution in [3.8, 4) is 0 Å². The molecule has 1 aromatic heterocycles. The molecule has 20 heavy (non-hydrogen) atoms. The van der Waals surface area contributed by atoms with E-state index in [4.69, 9.17) is 5.73 Å². The van der Waals surface area contributed by atoms with Crippen LogP contribution in [0.1, 0.15) is 37.6 Å². The van der Waals surface area contributed by atoms with Crippen molar-refractivity contribution >= 4 is 15.9 Å². The van der Waals surface area contributed by atoms with Crippen molar-refractivity contribution in [2.24, 2.45) is 42.4 Å². The Morgan fingerprint density at radius 3 is 2.55 bits per heavy atom. The van der Waals surface area contributed by atoms with Crippen molar-refractivity contribution in [2.45, 2.75) is 45.1 Å². The van der Waals surface area contributed by atoms with Gasteiger partial charge in [0, 0.05) is 19.5 Å². The Labute approximate surface area is 129 Å². The van der Waals surface area contributed by atoms with E-state index in [1.165, 1.54) is 29.4 Å². The fourth-order valence-corrected chi connectivity index (χ4v) is 6.14. The molecule has 0 aromatic carbocycles. The molecule has 0 radical (unpaired) electrons. The molecule has 1 aromatic rings. The predicted molar refractivity (Wildman–Crippen MR) is 83.3 cm³/mol. The van der Waals surface area contributed by atoms with Crippen molar-refractivity contribution < 1.29 is 0 Å². The van der Waals surface area contributed by atoms with Crippen LogP contribution in [0.25, 0.3) is 0 Å². The summed E-state index contributed by atoms with van der Waals surface area (Å²) in [7, 11) is 2.05. The summed E-state index contributed by atoms with van der Waals surface area (Å²) in [5, 5.41) is 4.59. The largest absolute Gasteiger partial charge is 0.327 e. The van der Waals surface area contributed by atoms with Gasteiger partial charge in [-0.3, -0.25) is 4.68 Å². The number of hydrogen-bond donors (Lipinski definition) is 1. The number of aromatic nitrogens is 2. The van der Waals surface area contributed by atoms with Crippen molar-refractivity contribution in [1.82, 2.24) is 9.78 Å². The van der Waals surface area contributed by atoms with Gasteiger partial charge in [0.1, 0.15) is 0 Å². The Hall–Kier alpha value is -0.350. The Balaban J connectivity index is 1.49. The highest BCUT2D eigenvalue weighted by Crippen LogP contribution is 2.70. The average molecular weight is 338 g/mol. The molecule has 5 atom stereocenters. The van der Waals surface area contributed by atoms with E-state index in [-0.39, 0.29) is 0 Å². The normalized spacial score (nSPS) is 39.1. The first-order valence-electron chi connectivity index (χ1n) is 8.07. The molecule has 0 spiro atoms. The second-order valence-electron chi connectivity index (χ2n) is 7.12. The van der Waals surface area contributed by atoms with Crippen LogP contribution in [-0.4, -0.2) is 15.8 Å². The van der Waals surface area contributed by atoms with E-state index >= 15 is 0 Å². The van der Waals surface area contributed by atoms with Gasteiger partial charge in [-0.2, -0.15) is 5.10 Å². The predicted octanol–water partition coefficient (Wildman–Crippen LogP) is 2.91. The van der Waals surface area contributed by atoms with Crippen LogP contribution in [-0.2, 0) is 19.9 Å². The summed E-state index contributed by atoms with van der Waals surface area (Å²) < 4.78 is 3.21. The zero-order valence-corrected chi connectivity index (χ0v) is 13.9. The van der Waals surface area contributed by atoms with Crippen LogP contribution in [0, 0.1) is 29.6 Å². The molecule has 3 aliphatic carbocycles. The van der Waals surface area contributed by atoms with Crippen molar-refractivity contribution in [2.75, 3.05) is 0 Å². The standard InChI is InChI=1S/C16H24BrN3/c1-3-11-16(17)12(20(2)19-11)7-10(18)15-13-8-4-5-9(6-8)14(13)15/h8-10,13-15H,3-7,18H2,1-2H3. The molecule has 3 fully saturated rings. The molecule has 3 nitrogen and oxygen atoms in total. The molecule has 0 amide bonds. The lowest BCUT2D eigenvalue weighted by Gasteiger charge is -2.16. The van der Waals surface area contributed by atoms with Crippen LogP contribution in [0.15, 0.2) is 4.47 Å². The molecule has 0 aliphatic heterocycles. The van der Waals surface area contributed by atoms with E-state index in [1.807, 2.05) is 11.7 Å². The second kappa shape index (κ2) is 4.57. The number of aryl methyl sites for hydroxylation is 2. The minimum absolute atomic E-state index is 0.324. The van der Waals surface area contributed by atoms with Gasteiger partial charge in [0.2, 0.25) is 0 Å². The van der Waals surface area contributed by atoms with Gasteiger partial charge in [-0.15, -0.1) is 0 Å². The van der Waals surface area contributed by atoms with Crippen LogP contribution in [0.2, 0.25) is 0 Å². The smallest absolute Gasteiger partial charge is 0.0766 e. The molecule has 2 bridgehead atoms. The summed E-state index contributed by atoms with van der Waals surface area (Å²) in [6.07, 6.45) is 6.41. The molecule has 3 aliphatic rings. The molecule has 3 saturated carbocycles. The van der Waals surface area contributed by atoms with E-state index < -0.39 is 0 Å². The molecule has 110 valence electrons. The SMILES string of the molecule is CCc1nn(C)c(CC(N)C2C3C4CCC(C4)C23)c1Br. The number of hydrogen-bond acceptors (Lipinski definition) is 2. The zero-order chi connectivity index (χ0) is 14.0. The molecule has 4 rings (SSSR count). The maximum atomic E-state index is 6.58.